The van der Waals surface area contributed by atoms with Gasteiger partial charge in [-0.05, 0) is 20.8 Å². The van der Waals surface area contributed by atoms with Crippen molar-refractivity contribution in [3.8, 4) is 0 Å². The molecule has 272 valence electrons. The van der Waals surface area contributed by atoms with Crippen LogP contribution in [0.25, 0.3) is 0 Å². The summed E-state index contributed by atoms with van der Waals surface area (Å²) in [5.41, 5.74) is -0.556. The Morgan fingerprint density at radius 2 is 0.851 bits per heavy atom. The summed E-state index contributed by atoms with van der Waals surface area (Å²) >= 11 is 0. The molecule has 0 aromatic rings. The van der Waals surface area contributed by atoms with E-state index in [4.69, 9.17) is 18.9 Å². The SMILES string of the molecule is CC(C)(C)OC(=O)NCCOCCOCCOCCNC(=O)CN1CCN(CC(=O)O)CCN(CC(=O)O)CCN(CC(=O)O)CC1. The highest BCUT2D eigenvalue weighted by atomic mass is 16.6. The van der Waals surface area contributed by atoms with Crippen LogP contribution in [0.5, 0.6) is 0 Å². The van der Waals surface area contributed by atoms with Gasteiger partial charge in [-0.3, -0.25) is 38.8 Å². The Morgan fingerprint density at radius 1 is 0.532 bits per heavy atom. The summed E-state index contributed by atoms with van der Waals surface area (Å²) in [6.45, 7) is 9.85. The second-order valence-electron chi connectivity index (χ2n) is 11.9. The number of hydrogen-bond acceptors (Lipinski definition) is 13. The first kappa shape index (κ1) is 41.9. The van der Waals surface area contributed by atoms with Gasteiger partial charge in [-0.25, -0.2) is 4.79 Å². The van der Waals surface area contributed by atoms with Gasteiger partial charge in [0, 0.05) is 65.4 Å². The van der Waals surface area contributed by atoms with E-state index in [0.29, 0.717) is 91.9 Å². The minimum atomic E-state index is -1.02. The molecule has 1 aliphatic heterocycles. The number of aliphatic carboxylic acids is 3. The summed E-state index contributed by atoms with van der Waals surface area (Å²) < 4.78 is 21.4. The number of alkyl carbamates (subject to hydrolysis) is 1. The third-order valence-corrected chi connectivity index (χ3v) is 6.60. The van der Waals surface area contributed by atoms with Gasteiger partial charge in [0.25, 0.3) is 0 Å². The largest absolute Gasteiger partial charge is 0.480 e. The lowest BCUT2D eigenvalue weighted by Gasteiger charge is -2.32. The van der Waals surface area contributed by atoms with E-state index in [0.717, 1.165) is 0 Å². The fourth-order valence-corrected chi connectivity index (χ4v) is 4.39. The molecule has 2 amide bonds. The summed E-state index contributed by atoms with van der Waals surface area (Å²) in [7, 11) is 0. The van der Waals surface area contributed by atoms with Crippen LogP contribution in [-0.2, 0) is 38.1 Å². The van der Waals surface area contributed by atoms with Crippen molar-refractivity contribution in [2.24, 2.45) is 0 Å². The molecule has 1 heterocycles. The zero-order valence-electron chi connectivity index (χ0n) is 27.9. The first-order chi connectivity index (χ1) is 22.2. The maximum Gasteiger partial charge on any atom is 0.407 e. The number of amides is 2. The lowest BCUT2D eigenvalue weighted by atomic mass is 10.2. The Morgan fingerprint density at radius 3 is 1.19 bits per heavy atom. The molecule has 0 spiro atoms. The van der Waals surface area contributed by atoms with Crippen LogP contribution in [0.15, 0.2) is 0 Å². The Bertz CT molecular complexity index is 919. The molecular weight excluding hydrogens is 624 g/mol. The molecule has 5 N–H and O–H groups in total. The van der Waals surface area contributed by atoms with Crippen molar-refractivity contribution in [1.82, 2.24) is 30.2 Å². The number of carbonyl (C=O) groups excluding carboxylic acids is 2. The van der Waals surface area contributed by atoms with Crippen molar-refractivity contribution in [2.45, 2.75) is 26.4 Å². The number of carboxylic acids is 3. The standard InChI is InChI=1S/C29H54N6O12/c1-29(2,3)47-28(43)31-5-15-45-17-19-46-18-16-44-14-4-30-24(36)20-32-6-8-33(21-25(37)38)10-12-35(23-27(41)42)13-11-34(9-7-32)22-26(39)40/h4-23H2,1-3H3,(H,30,36)(H,31,43)(H,37,38)(H,39,40)(H,41,42). The highest BCUT2D eigenvalue weighted by Crippen LogP contribution is 2.06. The minimum Gasteiger partial charge on any atom is -0.480 e. The normalized spacial score (nSPS) is 16.5. The minimum absolute atomic E-state index is 0.0311. The zero-order valence-corrected chi connectivity index (χ0v) is 27.9. The van der Waals surface area contributed by atoms with E-state index in [9.17, 15) is 39.3 Å². The monoisotopic (exact) mass is 678 g/mol. The fraction of sp³-hybridized carbons (Fsp3) is 0.828. The quantitative estimate of drug-likeness (QED) is 0.0893. The molecule has 18 heteroatoms. The summed E-state index contributed by atoms with van der Waals surface area (Å²) in [5.74, 6) is -3.30. The van der Waals surface area contributed by atoms with Crippen molar-refractivity contribution >= 4 is 29.9 Å². The lowest BCUT2D eigenvalue weighted by Crippen LogP contribution is -2.50. The highest BCUT2D eigenvalue weighted by Gasteiger charge is 2.21. The molecule has 0 aromatic carbocycles. The number of rotatable bonds is 20. The van der Waals surface area contributed by atoms with Gasteiger partial charge in [0.1, 0.15) is 5.60 Å². The predicted molar refractivity (Wildman–Crippen MR) is 168 cm³/mol. The number of carboxylic acid groups (broad SMARTS) is 3. The Balaban J connectivity index is 2.37. The predicted octanol–water partition coefficient (Wildman–Crippen LogP) is -1.85. The Labute approximate surface area is 276 Å². The smallest absolute Gasteiger partial charge is 0.407 e. The Hall–Kier alpha value is -3.13. The van der Waals surface area contributed by atoms with Crippen LogP contribution >= 0.6 is 0 Å². The molecule has 0 unspecified atom stereocenters. The van der Waals surface area contributed by atoms with Gasteiger partial charge in [-0.15, -0.1) is 0 Å². The number of hydrogen-bond donors (Lipinski definition) is 5. The number of ether oxygens (including phenoxy) is 4. The molecular formula is C29H54N6O12. The van der Waals surface area contributed by atoms with Crippen molar-refractivity contribution in [2.75, 3.05) is 131 Å². The maximum atomic E-state index is 12.7. The molecule has 1 aliphatic rings. The third kappa shape index (κ3) is 24.7. The van der Waals surface area contributed by atoms with Crippen molar-refractivity contribution < 1.29 is 58.2 Å². The van der Waals surface area contributed by atoms with Gasteiger partial charge < -0.3 is 44.9 Å². The van der Waals surface area contributed by atoms with Crippen molar-refractivity contribution in [3.05, 3.63) is 0 Å². The molecule has 1 rings (SSSR count). The van der Waals surface area contributed by atoms with Crippen LogP contribution in [0.1, 0.15) is 20.8 Å². The summed E-state index contributed by atoms with van der Waals surface area (Å²) in [6, 6.07) is 0. The molecule has 0 aliphatic carbocycles. The van der Waals surface area contributed by atoms with Crippen LogP contribution in [0, 0.1) is 0 Å². The topological polar surface area (TPSA) is 220 Å². The third-order valence-electron chi connectivity index (χ3n) is 6.60. The van der Waals surface area contributed by atoms with Crippen LogP contribution < -0.4 is 10.6 Å². The van der Waals surface area contributed by atoms with E-state index in [-0.39, 0.29) is 45.2 Å². The molecule has 18 nitrogen and oxygen atoms in total. The number of nitrogens with one attached hydrogen (secondary N) is 2. The van der Waals surface area contributed by atoms with E-state index in [1.54, 1.807) is 35.5 Å². The zero-order chi connectivity index (χ0) is 35.1. The molecule has 0 bridgehead atoms. The van der Waals surface area contributed by atoms with Gasteiger partial charge >= 0.3 is 24.0 Å². The second kappa shape index (κ2) is 24.1. The number of carbonyl (C=O) groups is 5. The highest BCUT2D eigenvalue weighted by molar-refractivity contribution is 5.78. The van der Waals surface area contributed by atoms with Crippen LogP contribution in [-0.4, -0.2) is 202 Å². The molecule has 0 saturated carbocycles. The Kier molecular flexibility index (Phi) is 21.5. The van der Waals surface area contributed by atoms with Gasteiger partial charge in [-0.1, -0.05) is 0 Å². The maximum absolute atomic E-state index is 12.7. The molecule has 1 fully saturated rings. The second-order valence-corrected chi connectivity index (χ2v) is 11.9. The van der Waals surface area contributed by atoms with E-state index >= 15 is 0 Å². The van der Waals surface area contributed by atoms with Crippen molar-refractivity contribution in [1.29, 1.82) is 0 Å². The molecule has 47 heavy (non-hydrogen) atoms. The summed E-state index contributed by atoms with van der Waals surface area (Å²) in [5, 5.41) is 33.4. The van der Waals surface area contributed by atoms with E-state index in [1.165, 1.54) is 0 Å². The number of nitrogens with zero attached hydrogens (tertiary/aromatic N) is 4. The fourth-order valence-electron chi connectivity index (χ4n) is 4.39. The van der Waals surface area contributed by atoms with E-state index < -0.39 is 29.6 Å². The van der Waals surface area contributed by atoms with Gasteiger partial charge in [-0.2, -0.15) is 0 Å². The average molecular weight is 679 g/mol. The van der Waals surface area contributed by atoms with Gasteiger partial charge in [0.05, 0.1) is 65.8 Å². The molecule has 0 radical (unpaired) electrons. The molecule has 1 saturated heterocycles. The average Bonchev–Trinajstić information content (AvgIpc) is 2.95. The lowest BCUT2D eigenvalue weighted by molar-refractivity contribution is -0.140. The summed E-state index contributed by atoms with van der Waals surface area (Å²) in [4.78, 5) is 65.3. The van der Waals surface area contributed by atoms with Crippen LogP contribution in [0.3, 0.4) is 0 Å². The molecule has 0 aromatic heterocycles. The molecule has 0 atom stereocenters. The van der Waals surface area contributed by atoms with Crippen LogP contribution in [0.4, 0.5) is 4.79 Å². The van der Waals surface area contributed by atoms with Crippen LogP contribution in [0.2, 0.25) is 0 Å². The first-order valence-corrected chi connectivity index (χ1v) is 15.7. The van der Waals surface area contributed by atoms with E-state index in [2.05, 4.69) is 10.6 Å². The van der Waals surface area contributed by atoms with Gasteiger partial charge in [0.15, 0.2) is 0 Å². The van der Waals surface area contributed by atoms with E-state index in [1.807, 2.05) is 4.90 Å². The van der Waals surface area contributed by atoms with Crippen molar-refractivity contribution in [3.63, 3.8) is 0 Å². The summed E-state index contributed by atoms with van der Waals surface area (Å²) in [6.07, 6.45) is -0.498. The first-order valence-electron chi connectivity index (χ1n) is 15.7. The van der Waals surface area contributed by atoms with Gasteiger partial charge in [0.2, 0.25) is 5.91 Å².